The third-order valence-corrected chi connectivity index (χ3v) is 3.53. The summed E-state index contributed by atoms with van der Waals surface area (Å²) in [4.78, 5) is 12.6. The van der Waals surface area contributed by atoms with Crippen LogP contribution in [0.15, 0.2) is 73.5 Å². The maximum Gasteiger partial charge on any atom is 0.310 e. The van der Waals surface area contributed by atoms with Crippen molar-refractivity contribution in [2.24, 2.45) is 5.10 Å². The molecule has 110 valence electrons. The lowest BCUT2D eigenvalue weighted by Gasteiger charge is -2.18. The van der Waals surface area contributed by atoms with Crippen LogP contribution in [-0.2, 0) is 0 Å². The van der Waals surface area contributed by atoms with Gasteiger partial charge in [-0.2, -0.15) is 5.10 Å². The summed E-state index contributed by atoms with van der Waals surface area (Å²) in [6.07, 6.45) is 5.14. The van der Waals surface area contributed by atoms with Crippen LogP contribution in [0, 0.1) is 0 Å². The van der Waals surface area contributed by atoms with Gasteiger partial charge in [0.1, 0.15) is 23.3 Å². The molecular weight excluding hydrogens is 284 g/mol. The largest absolute Gasteiger partial charge is 0.467 e. The maximum absolute atomic E-state index is 12.6. The zero-order valence-electron chi connectivity index (χ0n) is 11.5. The first-order valence-electron chi connectivity index (χ1n) is 6.85. The fourth-order valence-corrected chi connectivity index (χ4v) is 2.50. The van der Waals surface area contributed by atoms with E-state index in [1.807, 2.05) is 12.1 Å². The molecule has 6 nitrogen and oxygen atoms in total. The van der Waals surface area contributed by atoms with E-state index in [1.165, 1.54) is 11.3 Å². The molecule has 22 heavy (non-hydrogen) atoms. The van der Waals surface area contributed by atoms with E-state index in [2.05, 4.69) is 5.10 Å². The predicted octanol–water partition coefficient (Wildman–Crippen LogP) is 3.46. The maximum atomic E-state index is 12.6. The summed E-state index contributed by atoms with van der Waals surface area (Å²) in [5.41, 5.74) is 0.700. The number of amides is 1. The lowest BCUT2D eigenvalue weighted by atomic mass is 10.1. The van der Waals surface area contributed by atoms with Crippen molar-refractivity contribution >= 4 is 11.6 Å². The Bertz CT molecular complexity index is 785. The molecule has 0 bridgehead atoms. The van der Waals surface area contributed by atoms with Gasteiger partial charge in [-0.05, 0) is 36.4 Å². The molecule has 1 unspecified atom stereocenters. The molecule has 0 N–H and O–H groups in total. The van der Waals surface area contributed by atoms with Crippen molar-refractivity contribution in [3.8, 4) is 0 Å². The van der Waals surface area contributed by atoms with E-state index < -0.39 is 0 Å². The highest BCUT2D eigenvalue weighted by molar-refractivity contribution is 6.02. The summed E-state index contributed by atoms with van der Waals surface area (Å²) in [7, 11) is 0. The second-order valence-corrected chi connectivity index (χ2v) is 4.89. The molecule has 3 aromatic rings. The summed E-state index contributed by atoms with van der Waals surface area (Å²) < 4.78 is 16.0. The molecule has 4 rings (SSSR count). The van der Waals surface area contributed by atoms with Gasteiger partial charge in [-0.25, -0.2) is 5.01 Å². The highest BCUT2D eigenvalue weighted by atomic mass is 16.3. The molecule has 0 fully saturated rings. The van der Waals surface area contributed by atoms with Gasteiger partial charge in [0.2, 0.25) is 0 Å². The molecule has 0 aromatic carbocycles. The van der Waals surface area contributed by atoms with Crippen LogP contribution < -0.4 is 0 Å². The van der Waals surface area contributed by atoms with Gasteiger partial charge < -0.3 is 13.3 Å². The Morgan fingerprint density at radius 2 is 1.82 bits per heavy atom. The average molecular weight is 296 g/mol. The van der Waals surface area contributed by atoms with Crippen LogP contribution in [0.3, 0.4) is 0 Å². The van der Waals surface area contributed by atoms with Gasteiger partial charge in [-0.3, -0.25) is 4.79 Å². The first-order chi connectivity index (χ1) is 10.8. The van der Waals surface area contributed by atoms with Gasteiger partial charge in [0.25, 0.3) is 0 Å². The third kappa shape index (κ3) is 2.05. The second-order valence-electron chi connectivity index (χ2n) is 4.89. The monoisotopic (exact) mass is 296 g/mol. The number of carbonyl (C=O) groups excluding carboxylic acids is 1. The van der Waals surface area contributed by atoms with Crippen LogP contribution in [0.1, 0.15) is 34.5 Å². The number of hydrazone groups is 1. The van der Waals surface area contributed by atoms with E-state index in [0.29, 0.717) is 23.7 Å². The summed E-state index contributed by atoms with van der Waals surface area (Å²) in [5.74, 6) is 1.24. The van der Waals surface area contributed by atoms with Gasteiger partial charge in [-0.1, -0.05) is 0 Å². The molecule has 0 aliphatic carbocycles. The highest BCUT2D eigenvalue weighted by Gasteiger charge is 2.37. The summed E-state index contributed by atoms with van der Waals surface area (Å²) in [6.45, 7) is 0. The summed E-state index contributed by atoms with van der Waals surface area (Å²) in [5, 5.41) is 5.79. The fourth-order valence-electron chi connectivity index (χ4n) is 2.50. The van der Waals surface area contributed by atoms with Crippen molar-refractivity contribution < 1.29 is 18.0 Å². The molecule has 1 aliphatic heterocycles. The van der Waals surface area contributed by atoms with Crippen LogP contribution in [0.25, 0.3) is 0 Å². The van der Waals surface area contributed by atoms with E-state index in [-0.39, 0.29) is 17.7 Å². The van der Waals surface area contributed by atoms with E-state index >= 15 is 0 Å². The minimum absolute atomic E-state index is 0.237. The minimum atomic E-state index is -0.312. The molecule has 0 saturated carbocycles. The SMILES string of the molecule is O=C(c1ccco1)N1N=C(c2ccco2)CC1c1ccco1. The van der Waals surface area contributed by atoms with Crippen molar-refractivity contribution in [2.75, 3.05) is 0 Å². The Morgan fingerprint density at radius 1 is 1.05 bits per heavy atom. The molecule has 6 heteroatoms. The smallest absolute Gasteiger partial charge is 0.310 e. The van der Waals surface area contributed by atoms with Crippen molar-refractivity contribution in [3.63, 3.8) is 0 Å². The normalized spacial score (nSPS) is 17.7. The first-order valence-corrected chi connectivity index (χ1v) is 6.85. The molecule has 1 atom stereocenters. The van der Waals surface area contributed by atoms with Crippen LogP contribution in [0.5, 0.6) is 0 Å². The first kappa shape index (κ1) is 12.7. The van der Waals surface area contributed by atoms with Gasteiger partial charge >= 0.3 is 5.91 Å². The van der Waals surface area contributed by atoms with E-state index in [0.717, 1.165) is 0 Å². The van der Waals surface area contributed by atoms with E-state index in [4.69, 9.17) is 13.3 Å². The Hall–Kier alpha value is -3.02. The van der Waals surface area contributed by atoms with Gasteiger partial charge in [0.05, 0.1) is 18.8 Å². The van der Waals surface area contributed by atoms with E-state index in [1.54, 1.807) is 36.8 Å². The lowest BCUT2D eigenvalue weighted by Crippen LogP contribution is -2.26. The van der Waals surface area contributed by atoms with Crippen molar-refractivity contribution in [3.05, 3.63) is 72.5 Å². The number of hydrogen-bond donors (Lipinski definition) is 0. The summed E-state index contributed by atoms with van der Waals surface area (Å²) >= 11 is 0. The predicted molar refractivity (Wildman–Crippen MR) is 76.2 cm³/mol. The highest BCUT2D eigenvalue weighted by Crippen LogP contribution is 2.34. The van der Waals surface area contributed by atoms with Crippen molar-refractivity contribution in [2.45, 2.75) is 12.5 Å². The second kappa shape index (κ2) is 5.07. The van der Waals surface area contributed by atoms with Crippen LogP contribution in [0.2, 0.25) is 0 Å². The molecule has 4 heterocycles. The molecule has 3 aromatic heterocycles. The Morgan fingerprint density at radius 3 is 2.50 bits per heavy atom. The number of rotatable bonds is 3. The third-order valence-electron chi connectivity index (χ3n) is 3.53. The number of carbonyl (C=O) groups is 1. The Balaban J connectivity index is 1.71. The molecular formula is C16H12N2O4. The van der Waals surface area contributed by atoms with E-state index in [9.17, 15) is 4.79 Å². The Kier molecular flexibility index (Phi) is 2.93. The van der Waals surface area contributed by atoms with Crippen LogP contribution in [-0.4, -0.2) is 16.6 Å². The summed E-state index contributed by atoms with van der Waals surface area (Å²) in [6, 6.07) is 10.2. The number of nitrogens with zero attached hydrogens (tertiary/aromatic N) is 2. The molecule has 1 aliphatic rings. The Labute approximate surface area is 125 Å². The molecule has 1 amide bonds. The lowest BCUT2D eigenvalue weighted by molar-refractivity contribution is 0.0660. The topological polar surface area (TPSA) is 72.1 Å². The minimum Gasteiger partial charge on any atom is -0.467 e. The molecule has 0 saturated heterocycles. The van der Waals surface area contributed by atoms with Gasteiger partial charge in [-0.15, -0.1) is 0 Å². The van der Waals surface area contributed by atoms with Crippen molar-refractivity contribution in [1.29, 1.82) is 0 Å². The zero-order chi connectivity index (χ0) is 14.9. The van der Waals surface area contributed by atoms with Crippen molar-refractivity contribution in [1.82, 2.24) is 5.01 Å². The fraction of sp³-hybridized carbons (Fsp3) is 0.125. The number of hydrogen-bond acceptors (Lipinski definition) is 5. The molecule has 0 radical (unpaired) electrons. The number of furan rings is 3. The molecule has 0 spiro atoms. The average Bonchev–Trinajstić information content (AvgIpc) is 3.35. The van der Waals surface area contributed by atoms with Crippen LogP contribution >= 0.6 is 0 Å². The van der Waals surface area contributed by atoms with Gasteiger partial charge in [0, 0.05) is 6.42 Å². The quantitative estimate of drug-likeness (QED) is 0.742. The zero-order valence-corrected chi connectivity index (χ0v) is 11.5. The van der Waals surface area contributed by atoms with Gasteiger partial charge in [0.15, 0.2) is 5.76 Å². The standard InChI is InChI=1S/C16H12N2O4/c19-16(15-6-3-9-22-15)18-12(14-5-2-8-21-14)10-11(17-18)13-4-1-7-20-13/h1-9,12H,10H2. The van der Waals surface area contributed by atoms with Crippen LogP contribution in [0.4, 0.5) is 0 Å².